The third-order valence-corrected chi connectivity index (χ3v) is 7.37. The van der Waals surface area contributed by atoms with Crippen molar-refractivity contribution in [1.82, 2.24) is 9.13 Å². The molecular formula is C29H27N3O4S. The third kappa shape index (κ3) is 4.23. The smallest absolute Gasteiger partial charge is 0.338 e. The molecule has 1 aliphatic rings. The minimum absolute atomic E-state index is 0.216. The normalized spacial score (nSPS) is 15.4. The van der Waals surface area contributed by atoms with Crippen LogP contribution in [0, 0.1) is 0 Å². The first-order chi connectivity index (χ1) is 18.0. The van der Waals surface area contributed by atoms with Crippen molar-refractivity contribution < 1.29 is 14.3 Å². The van der Waals surface area contributed by atoms with Crippen LogP contribution in [0.15, 0.2) is 88.4 Å². The summed E-state index contributed by atoms with van der Waals surface area (Å²) in [4.78, 5) is 32.2. The lowest BCUT2D eigenvalue weighted by molar-refractivity contribution is -0.139. The lowest BCUT2D eigenvalue weighted by Gasteiger charge is -2.25. The number of rotatable bonds is 7. The first-order valence-electron chi connectivity index (χ1n) is 12.0. The van der Waals surface area contributed by atoms with E-state index < -0.39 is 12.0 Å². The minimum atomic E-state index is -0.726. The second kappa shape index (κ2) is 10.1. The Morgan fingerprint density at radius 1 is 1.19 bits per heavy atom. The van der Waals surface area contributed by atoms with Gasteiger partial charge in [-0.05, 0) is 32.1 Å². The van der Waals surface area contributed by atoms with Gasteiger partial charge in [0.05, 0.1) is 29.5 Å². The molecule has 3 heterocycles. The van der Waals surface area contributed by atoms with Crippen LogP contribution in [0.4, 0.5) is 0 Å². The molecule has 2 aromatic carbocycles. The maximum atomic E-state index is 13.9. The van der Waals surface area contributed by atoms with Crippen LogP contribution in [0.5, 0.6) is 5.75 Å². The number of benzene rings is 2. The number of carbonyl (C=O) groups is 1. The maximum Gasteiger partial charge on any atom is 0.338 e. The van der Waals surface area contributed by atoms with Gasteiger partial charge in [0.25, 0.3) is 5.56 Å². The van der Waals surface area contributed by atoms with Crippen LogP contribution in [0.3, 0.4) is 0 Å². The van der Waals surface area contributed by atoms with Crippen LogP contribution in [-0.4, -0.2) is 28.8 Å². The van der Waals surface area contributed by atoms with Gasteiger partial charge in [-0.3, -0.25) is 9.36 Å². The van der Waals surface area contributed by atoms with Gasteiger partial charge >= 0.3 is 5.97 Å². The summed E-state index contributed by atoms with van der Waals surface area (Å²) < 4.78 is 15.2. The molecule has 2 aromatic heterocycles. The van der Waals surface area contributed by atoms with E-state index in [1.807, 2.05) is 60.8 Å². The zero-order valence-electron chi connectivity index (χ0n) is 20.9. The summed E-state index contributed by atoms with van der Waals surface area (Å²) in [6.07, 6.45) is 5.77. The molecule has 0 N–H and O–H groups in total. The summed E-state index contributed by atoms with van der Waals surface area (Å²) in [6.45, 7) is 8.26. The average molecular weight is 514 g/mol. The quantitative estimate of drug-likeness (QED) is 0.277. The van der Waals surface area contributed by atoms with Crippen molar-refractivity contribution in [2.45, 2.75) is 26.4 Å². The van der Waals surface area contributed by atoms with Gasteiger partial charge < -0.3 is 14.0 Å². The van der Waals surface area contributed by atoms with E-state index in [0.717, 1.165) is 16.5 Å². The number of nitrogens with zero attached hydrogens (tertiary/aromatic N) is 3. The highest BCUT2D eigenvalue weighted by molar-refractivity contribution is 7.07. The van der Waals surface area contributed by atoms with E-state index in [1.165, 1.54) is 11.3 Å². The molecule has 0 radical (unpaired) electrons. The number of ether oxygens (including phenoxy) is 2. The summed E-state index contributed by atoms with van der Waals surface area (Å²) in [5.41, 5.74) is 3.30. The molecule has 0 fully saturated rings. The molecular weight excluding hydrogens is 486 g/mol. The highest BCUT2D eigenvalue weighted by atomic mass is 32.1. The van der Waals surface area contributed by atoms with Crippen LogP contribution in [0.1, 0.15) is 31.0 Å². The Balaban J connectivity index is 1.76. The number of hydrogen-bond donors (Lipinski definition) is 0. The second-order valence-corrected chi connectivity index (χ2v) is 9.60. The Labute approximate surface area is 217 Å². The molecule has 0 unspecified atom stereocenters. The largest absolute Gasteiger partial charge is 0.496 e. The molecule has 5 rings (SSSR count). The molecule has 0 amide bonds. The maximum absolute atomic E-state index is 13.9. The standard InChI is InChI=1S/C29H27N3O4S/c1-5-15-31-17-19(20-11-7-9-13-22(20)31)16-24-27(33)32-26(21-12-8-10-14-23(21)35-4)25(28(34)36-6-2)18(3)30-29(32)37-24/h5,7-14,16-17,26H,1,6,15H2,2-4H3/t26-/m1/s1. The van der Waals surface area contributed by atoms with Crippen molar-refractivity contribution >= 4 is 34.3 Å². The molecule has 188 valence electrons. The van der Waals surface area contributed by atoms with Crippen molar-refractivity contribution in [2.24, 2.45) is 4.99 Å². The van der Waals surface area contributed by atoms with Crippen LogP contribution in [-0.2, 0) is 16.1 Å². The van der Waals surface area contributed by atoms with Crippen molar-refractivity contribution in [1.29, 1.82) is 0 Å². The van der Waals surface area contributed by atoms with E-state index in [1.54, 1.807) is 25.5 Å². The fourth-order valence-corrected chi connectivity index (χ4v) is 5.84. The predicted molar refractivity (Wildman–Crippen MR) is 146 cm³/mol. The number of methoxy groups -OCH3 is 1. The van der Waals surface area contributed by atoms with Gasteiger partial charge in [0.1, 0.15) is 11.8 Å². The van der Waals surface area contributed by atoms with Crippen LogP contribution >= 0.6 is 11.3 Å². The van der Waals surface area contributed by atoms with Gasteiger partial charge in [0.2, 0.25) is 0 Å². The molecule has 0 bridgehead atoms. The molecule has 37 heavy (non-hydrogen) atoms. The number of aromatic nitrogens is 2. The first-order valence-corrected chi connectivity index (χ1v) is 12.8. The summed E-state index contributed by atoms with van der Waals surface area (Å²) in [5.74, 6) is 0.0764. The van der Waals surface area contributed by atoms with Crippen LogP contribution < -0.4 is 19.6 Å². The number of hydrogen-bond acceptors (Lipinski definition) is 6. The molecule has 1 atom stereocenters. The first kappa shape index (κ1) is 24.5. The monoisotopic (exact) mass is 513 g/mol. The van der Waals surface area contributed by atoms with E-state index in [4.69, 9.17) is 9.47 Å². The van der Waals surface area contributed by atoms with E-state index in [0.29, 0.717) is 38.5 Å². The van der Waals surface area contributed by atoms with E-state index in [2.05, 4.69) is 22.2 Å². The number of allylic oxidation sites excluding steroid dienone is 2. The van der Waals surface area contributed by atoms with Gasteiger partial charge in [-0.25, -0.2) is 9.79 Å². The molecule has 4 aromatic rings. The van der Waals surface area contributed by atoms with Gasteiger partial charge in [-0.1, -0.05) is 53.8 Å². The van der Waals surface area contributed by atoms with E-state index in [-0.39, 0.29) is 12.2 Å². The lowest BCUT2D eigenvalue weighted by Crippen LogP contribution is -2.40. The van der Waals surface area contributed by atoms with Crippen molar-refractivity contribution in [3.8, 4) is 5.75 Å². The number of esters is 1. The van der Waals surface area contributed by atoms with Gasteiger partial charge in [0, 0.05) is 34.8 Å². The minimum Gasteiger partial charge on any atom is -0.496 e. The van der Waals surface area contributed by atoms with E-state index >= 15 is 0 Å². The number of para-hydroxylation sites is 2. The summed E-state index contributed by atoms with van der Waals surface area (Å²) in [5, 5.41) is 1.04. The molecule has 0 saturated carbocycles. The molecule has 0 aliphatic carbocycles. The Hall–Kier alpha value is -4.17. The number of thiazole rings is 1. The predicted octanol–water partition coefficient (Wildman–Crippen LogP) is 3.95. The van der Waals surface area contributed by atoms with Gasteiger partial charge in [-0.2, -0.15) is 0 Å². The van der Waals surface area contributed by atoms with Crippen molar-refractivity contribution in [2.75, 3.05) is 13.7 Å². The van der Waals surface area contributed by atoms with Gasteiger partial charge in [0.15, 0.2) is 4.80 Å². The summed E-state index contributed by atoms with van der Waals surface area (Å²) >= 11 is 1.30. The number of carbonyl (C=O) groups excluding carboxylic acids is 1. The van der Waals surface area contributed by atoms with Crippen LogP contribution in [0.25, 0.3) is 17.0 Å². The summed E-state index contributed by atoms with van der Waals surface area (Å²) in [6, 6.07) is 14.7. The van der Waals surface area contributed by atoms with Crippen LogP contribution in [0.2, 0.25) is 0 Å². The Kier molecular flexibility index (Phi) is 6.67. The molecule has 7 nitrogen and oxygen atoms in total. The topological polar surface area (TPSA) is 74.8 Å². The fourth-order valence-electron chi connectivity index (χ4n) is 4.80. The highest BCUT2D eigenvalue weighted by Crippen LogP contribution is 2.35. The molecule has 0 spiro atoms. The van der Waals surface area contributed by atoms with Crippen molar-refractivity contribution in [3.63, 3.8) is 0 Å². The lowest BCUT2D eigenvalue weighted by atomic mass is 9.95. The Bertz CT molecular complexity index is 1740. The zero-order chi connectivity index (χ0) is 26.1. The number of fused-ring (bicyclic) bond motifs is 2. The average Bonchev–Trinajstić information content (AvgIpc) is 3.40. The Morgan fingerprint density at radius 3 is 2.70 bits per heavy atom. The third-order valence-electron chi connectivity index (χ3n) is 6.38. The SMILES string of the molecule is C=CCn1cc(C=c2sc3n(c2=O)[C@H](c2ccccc2OC)C(C(=O)OCC)=C(C)N=3)c2ccccc21. The van der Waals surface area contributed by atoms with E-state index in [9.17, 15) is 9.59 Å². The van der Waals surface area contributed by atoms with Gasteiger partial charge in [-0.15, -0.1) is 6.58 Å². The molecule has 0 saturated heterocycles. The second-order valence-electron chi connectivity index (χ2n) is 8.59. The Morgan fingerprint density at radius 2 is 1.95 bits per heavy atom. The zero-order valence-corrected chi connectivity index (χ0v) is 21.7. The molecule has 8 heteroatoms. The fraction of sp³-hybridized carbons (Fsp3) is 0.207. The molecule has 1 aliphatic heterocycles. The van der Waals surface area contributed by atoms with Crippen molar-refractivity contribution in [3.05, 3.63) is 109 Å². The highest BCUT2D eigenvalue weighted by Gasteiger charge is 2.35. The summed E-state index contributed by atoms with van der Waals surface area (Å²) in [7, 11) is 1.57.